The Bertz CT molecular complexity index is 517. The quantitative estimate of drug-likeness (QED) is 0.733. The van der Waals surface area contributed by atoms with Crippen molar-refractivity contribution in [2.75, 3.05) is 5.32 Å². The molecular weight excluding hydrogens is 296 g/mol. The number of para-hydroxylation sites is 1. The summed E-state index contributed by atoms with van der Waals surface area (Å²) in [5.41, 5.74) is 0.706. The van der Waals surface area contributed by atoms with Gasteiger partial charge in [-0.05, 0) is 18.2 Å². The number of benzene rings is 1. The van der Waals surface area contributed by atoms with Crippen LogP contribution in [0.15, 0.2) is 54.9 Å². The predicted octanol–water partition coefficient (Wildman–Crippen LogP) is -0.874. The van der Waals surface area contributed by atoms with Gasteiger partial charge in [-0.2, -0.15) is 0 Å². The molecule has 1 amide bonds. The zero-order chi connectivity index (χ0) is 12.1. The van der Waals surface area contributed by atoms with Gasteiger partial charge in [0.25, 0.3) is 0 Å². The average molecular weight is 309 g/mol. The van der Waals surface area contributed by atoms with Gasteiger partial charge in [0.15, 0.2) is 11.9 Å². The fourth-order valence-electron chi connectivity index (χ4n) is 1.39. The largest absolute Gasteiger partial charge is 1.00 e. The number of ether oxygens (including phenoxy) is 1. The summed E-state index contributed by atoms with van der Waals surface area (Å²) in [5.74, 6) is 0.503. The van der Waals surface area contributed by atoms with Crippen LogP contribution in [-0.4, -0.2) is 6.09 Å². The van der Waals surface area contributed by atoms with Gasteiger partial charge in [0.1, 0.15) is 7.05 Å². The van der Waals surface area contributed by atoms with Crippen molar-refractivity contribution < 1.29 is 31.1 Å². The maximum atomic E-state index is 11.6. The number of hydrogen-bond acceptors (Lipinski definition) is 2. The standard InChI is InChI=1S/C13H12N2O2.BrH/c1-15-9-5-8-12(10-15)17-13(16)14-11-6-3-2-4-7-11;/h2-10H,1H3;1H. The Hall–Kier alpha value is -1.88. The SMILES string of the molecule is C[n+]1cccc(OC(=O)Nc2ccccc2)c1.[Br-]. The Morgan fingerprint density at radius 2 is 1.89 bits per heavy atom. The van der Waals surface area contributed by atoms with Gasteiger partial charge in [-0.15, -0.1) is 0 Å². The minimum absolute atomic E-state index is 0. The van der Waals surface area contributed by atoms with Gasteiger partial charge < -0.3 is 21.7 Å². The third kappa shape index (κ3) is 4.18. The van der Waals surface area contributed by atoms with E-state index in [2.05, 4.69) is 5.32 Å². The van der Waals surface area contributed by atoms with E-state index in [1.807, 2.05) is 42.1 Å². The van der Waals surface area contributed by atoms with Crippen molar-refractivity contribution in [3.63, 3.8) is 0 Å². The molecule has 1 heterocycles. The highest BCUT2D eigenvalue weighted by atomic mass is 79.9. The molecule has 0 aliphatic carbocycles. The molecule has 0 bridgehead atoms. The van der Waals surface area contributed by atoms with Crippen LogP contribution >= 0.6 is 0 Å². The molecule has 0 aliphatic rings. The lowest BCUT2D eigenvalue weighted by Crippen LogP contribution is -3.00. The van der Waals surface area contributed by atoms with Crippen LogP contribution in [0.3, 0.4) is 0 Å². The third-order valence-electron chi connectivity index (χ3n) is 2.14. The number of nitrogens with zero attached hydrogens (tertiary/aromatic N) is 1. The number of pyridine rings is 1. The van der Waals surface area contributed by atoms with Crippen molar-refractivity contribution >= 4 is 11.8 Å². The van der Waals surface area contributed by atoms with Crippen molar-refractivity contribution in [1.29, 1.82) is 0 Å². The lowest BCUT2D eigenvalue weighted by molar-refractivity contribution is -0.671. The lowest BCUT2D eigenvalue weighted by atomic mass is 10.3. The number of carbonyl (C=O) groups is 1. The Labute approximate surface area is 116 Å². The summed E-state index contributed by atoms with van der Waals surface area (Å²) in [6.45, 7) is 0. The Kier molecular flexibility index (Phi) is 5.32. The van der Waals surface area contributed by atoms with Gasteiger partial charge in [-0.25, -0.2) is 9.36 Å². The molecule has 4 nitrogen and oxygen atoms in total. The van der Waals surface area contributed by atoms with E-state index in [-0.39, 0.29) is 17.0 Å². The molecule has 0 unspecified atom stereocenters. The molecule has 5 heteroatoms. The fourth-order valence-corrected chi connectivity index (χ4v) is 1.39. The number of nitrogens with one attached hydrogen (secondary N) is 1. The molecule has 0 aliphatic heterocycles. The highest BCUT2D eigenvalue weighted by Gasteiger charge is 2.06. The van der Waals surface area contributed by atoms with Crippen LogP contribution in [0, 0.1) is 0 Å². The van der Waals surface area contributed by atoms with Gasteiger partial charge in [-0.1, -0.05) is 18.2 Å². The molecule has 0 spiro atoms. The topological polar surface area (TPSA) is 42.2 Å². The summed E-state index contributed by atoms with van der Waals surface area (Å²) in [6, 6.07) is 12.7. The first-order valence-electron chi connectivity index (χ1n) is 5.23. The lowest BCUT2D eigenvalue weighted by Gasteiger charge is -2.04. The number of aromatic nitrogens is 1. The third-order valence-corrected chi connectivity index (χ3v) is 2.14. The van der Waals surface area contributed by atoms with Crippen LogP contribution in [0.25, 0.3) is 0 Å². The number of hydrogen-bond donors (Lipinski definition) is 1. The second-order valence-corrected chi connectivity index (χ2v) is 3.59. The van der Waals surface area contributed by atoms with Crippen molar-refractivity contribution in [2.45, 2.75) is 0 Å². The van der Waals surface area contributed by atoms with Crippen LogP contribution in [0.4, 0.5) is 10.5 Å². The normalized spacial score (nSPS) is 9.17. The van der Waals surface area contributed by atoms with E-state index in [0.29, 0.717) is 11.4 Å². The molecule has 0 saturated heterocycles. The Morgan fingerprint density at radius 3 is 2.56 bits per heavy atom. The molecule has 0 atom stereocenters. The first-order chi connectivity index (χ1) is 8.24. The molecule has 2 rings (SSSR count). The number of halogens is 1. The minimum atomic E-state index is -0.498. The smallest absolute Gasteiger partial charge is 0.417 e. The summed E-state index contributed by atoms with van der Waals surface area (Å²) in [5, 5.41) is 2.64. The zero-order valence-electron chi connectivity index (χ0n) is 9.84. The van der Waals surface area contributed by atoms with Crippen molar-refractivity contribution in [3.8, 4) is 5.75 Å². The number of rotatable bonds is 2. The molecule has 0 fully saturated rings. The number of amides is 1. The summed E-state index contributed by atoms with van der Waals surface area (Å²) in [4.78, 5) is 11.6. The molecule has 0 radical (unpaired) electrons. The molecule has 0 saturated carbocycles. The fraction of sp³-hybridized carbons (Fsp3) is 0.0769. The van der Waals surface area contributed by atoms with E-state index in [1.165, 1.54) is 0 Å². The van der Waals surface area contributed by atoms with Crippen LogP contribution < -0.4 is 31.6 Å². The van der Waals surface area contributed by atoms with Crippen LogP contribution in [0.1, 0.15) is 0 Å². The van der Waals surface area contributed by atoms with E-state index >= 15 is 0 Å². The Morgan fingerprint density at radius 1 is 1.17 bits per heavy atom. The van der Waals surface area contributed by atoms with Crippen LogP contribution in [-0.2, 0) is 7.05 Å². The van der Waals surface area contributed by atoms with Crippen LogP contribution in [0.5, 0.6) is 5.75 Å². The van der Waals surface area contributed by atoms with Gasteiger partial charge >= 0.3 is 6.09 Å². The van der Waals surface area contributed by atoms with Gasteiger partial charge in [0.05, 0.1) is 0 Å². The summed E-state index contributed by atoms with van der Waals surface area (Å²) < 4.78 is 6.94. The van der Waals surface area contributed by atoms with E-state index in [0.717, 1.165) is 0 Å². The molecule has 1 aromatic heterocycles. The van der Waals surface area contributed by atoms with E-state index in [9.17, 15) is 4.79 Å². The predicted molar refractivity (Wildman–Crippen MR) is 63.7 cm³/mol. The first kappa shape index (κ1) is 14.2. The van der Waals surface area contributed by atoms with E-state index < -0.39 is 6.09 Å². The van der Waals surface area contributed by atoms with E-state index in [4.69, 9.17) is 4.74 Å². The molecule has 94 valence electrons. The molecule has 2 aromatic rings. The number of anilines is 1. The van der Waals surface area contributed by atoms with Crippen LogP contribution in [0.2, 0.25) is 0 Å². The van der Waals surface area contributed by atoms with Gasteiger partial charge in [0, 0.05) is 11.8 Å². The molecule has 1 aromatic carbocycles. The van der Waals surface area contributed by atoms with Crippen molar-refractivity contribution in [3.05, 3.63) is 54.9 Å². The van der Waals surface area contributed by atoms with Crippen molar-refractivity contribution in [2.24, 2.45) is 7.05 Å². The summed E-state index contributed by atoms with van der Waals surface area (Å²) in [6.07, 6.45) is 3.09. The second-order valence-electron chi connectivity index (χ2n) is 3.59. The summed E-state index contributed by atoms with van der Waals surface area (Å²) >= 11 is 0. The van der Waals surface area contributed by atoms with Crippen molar-refractivity contribution in [1.82, 2.24) is 0 Å². The second kappa shape index (κ2) is 6.76. The highest BCUT2D eigenvalue weighted by molar-refractivity contribution is 5.86. The monoisotopic (exact) mass is 308 g/mol. The first-order valence-corrected chi connectivity index (χ1v) is 5.23. The minimum Gasteiger partial charge on any atom is -1.00 e. The number of aryl methyl sites for hydroxylation is 1. The summed E-state index contributed by atoms with van der Waals surface area (Å²) in [7, 11) is 1.86. The molecule has 1 N–H and O–H groups in total. The molecular formula is C13H13BrN2O2. The van der Waals surface area contributed by atoms with Gasteiger partial charge in [0.2, 0.25) is 6.20 Å². The highest BCUT2D eigenvalue weighted by Crippen LogP contribution is 2.09. The van der Waals surface area contributed by atoms with E-state index in [1.54, 1.807) is 24.4 Å². The maximum absolute atomic E-state index is 11.6. The zero-order valence-corrected chi connectivity index (χ0v) is 11.4. The number of carbonyl (C=O) groups excluding carboxylic acids is 1. The molecule has 18 heavy (non-hydrogen) atoms. The van der Waals surface area contributed by atoms with Gasteiger partial charge in [-0.3, -0.25) is 5.32 Å². The Balaban J connectivity index is 0.00000162. The maximum Gasteiger partial charge on any atom is 0.417 e. The average Bonchev–Trinajstić information content (AvgIpc) is 2.30.